The molecule has 0 heterocycles. The molecule has 5 heteroatoms. The molecule has 0 saturated carbocycles. The molecule has 0 saturated heterocycles. The number of rotatable bonds is 6. The maximum atomic E-state index is 11.0. The van der Waals surface area contributed by atoms with Crippen molar-refractivity contribution in [3.8, 4) is 0 Å². The van der Waals surface area contributed by atoms with Crippen molar-refractivity contribution in [1.29, 1.82) is 0 Å². The van der Waals surface area contributed by atoms with E-state index in [1.165, 1.54) is 7.11 Å². The lowest BCUT2D eigenvalue weighted by molar-refractivity contribution is -0.140. The van der Waals surface area contributed by atoms with E-state index in [0.717, 1.165) is 34.6 Å². The van der Waals surface area contributed by atoms with Gasteiger partial charge in [0.15, 0.2) is 0 Å². The van der Waals surface area contributed by atoms with Gasteiger partial charge in [-0.2, -0.15) is 0 Å². The minimum Gasteiger partial charge on any atom is -0.469 e. The Hall–Kier alpha value is -0.580. The lowest BCUT2D eigenvalue weighted by Gasteiger charge is -2.17. The Balaban J connectivity index is 2.39. The van der Waals surface area contributed by atoms with Crippen molar-refractivity contribution >= 4 is 33.5 Å². The van der Waals surface area contributed by atoms with Crippen LogP contribution in [-0.2, 0) is 16.1 Å². The Labute approximate surface area is 121 Å². The molecule has 1 rings (SSSR count). The van der Waals surface area contributed by atoms with Crippen LogP contribution in [0.5, 0.6) is 0 Å². The summed E-state index contributed by atoms with van der Waals surface area (Å²) < 4.78 is 5.58. The van der Waals surface area contributed by atoms with Gasteiger partial charge < -0.3 is 9.64 Å². The van der Waals surface area contributed by atoms with Crippen LogP contribution in [0.15, 0.2) is 22.7 Å². The number of esters is 1. The number of carbonyl (C=O) groups is 1. The van der Waals surface area contributed by atoms with Crippen LogP contribution < -0.4 is 0 Å². The average Bonchev–Trinajstić information content (AvgIpc) is 2.32. The summed E-state index contributed by atoms with van der Waals surface area (Å²) in [4.78, 5) is 13.1. The third-order valence-electron chi connectivity index (χ3n) is 2.60. The van der Waals surface area contributed by atoms with Crippen LogP contribution in [0.4, 0.5) is 0 Å². The summed E-state index contributed by atoms with van der Waals surface area (Å²) in [7, 11) is 3.42. The molecule has 0 aliphatic carbocycles. The van der Waals surface area contributed by atoms with Gasteiger partial charge in [-0.3, -0.25) is 4.79 Å². The number of hydrogen-bond donors (Lipinski definition) is 0. The van der Waals surface area contributed by atoms with E-state index in [4.69, 9.17) is 11.6 Å². The molecule has 18 heavy (non-hydrogen) atoms. The van der Waals surface area contributed by atoms with Crippen LogP contribution in [0.25, 0.3) is 0 Å². The highest BCUT2D eigenvalue weighted by molar-refractivity contribution is 9.10. The Bertz CT molecular complexity index is 412. The summed E-state index contributed by atoms with van der Waals surface area (Å²) in [5.74, 6) is -0.162. The minimum atomic E-state index is -0.162. The van der Waals surface area contributed by atoms with Crippen molar-refractivity contribution in [1.82, 2.24) is 4.90 Å². The van der Waals surface area contributed by atoms with Crippen LogP contribution in [0.3, 0.4) is 0 Å². The molecule has 0 bridgehead atoms. The predicted molar refractivity (Wildman–Crippen MR) is 76.7 cm³/mol. The van der Waals surface area contributed by atoms with E-state index in [9.17, 15) is 4.79 Å². The third-order valence-corrected chi connectivity index (χ3v) is 3.45. The van der Waals surface area contributed by atoms with Crippen LogP contribution in [-0.4, -0.2) is 31.6 Å². The first kappa shape index (κ1) is 15.5. The fraction of sp³-hybridized carbons (Fsp3) is 0.462. The van der Waals surface area contributed by atoms with E-state index >= 15 is 0 Å². The van der Waals surface area contributed by atoms with Gasteiger partial charge in [0.05, 0.1) is 7.11 Å². The molecule has 1 aromatic rings. The summed E-state index contributed by atoms with van der Waals surface area (Å²) in [5, 5.41) is 0.754. The summed E-state index contributed by atoms with van der Waals surface area (Å²) in [6.45, 7) is 1.61. The molecule has 0 N–H and O–H groups in total. The Kier molecular flexibility index (Phi) is 6.68. The smallest absolute Gasteiger partial charge is 0.305 e. The Morgan fingerprint density at radius 2 is 2.22 bits per heavy atom. The molecule has 0 spiro atoms. The predicted octanol–water partition coefficient (Wildman–Crippen LogP) is 3.49. The quantitative estimate of drug-likeness (QED) is 0.746. The standard InChI is InChI=1S/C13H17BrClNO2/c1-16(7-3-4-13(17)18-2)9-10-5-6-11(14)8-12(10)15/h5-6,8H,3-4,7,9H2,1-2H3. The number of methoxy groups -OCH3 is 1. The summed E-state index contributed by atoms with van der Waals surface area (Å²) in [6.07, 6.45) is 1.24. The third kappa shape index (κ3) is 5.38. The zero-order valence-corrected chi connectivity index (χ0v) is 12.9. The van der Waals surface area contributed by atoms with Gasteiger partial charge in [0.2, 0.25) is 0 Å². The van der Waals surface area contributed by atoms with E-state index in [1.807, 2.05) is 25.2 Å². The highest BCUT2D eigenvalue weighted by Gasteiger charge is 2.06. The molecular formula is C13H17BrClNO2. The van der Waals surface area contributed by atoms with Gasteiger partial charge >= 0.3 is 5.97 Å². The van der Waals surface area contributed by atoms with Gasteiger partial charge in [0.25, 0.3) is 0 Å². The molecule has 0 amide bonds. The first-order chi connectivity index (χ1) is 8.52. The first-order valence-electron chi connectivity index (χ1n) is 5.72. The van der Waals surface area contributed by atoms with Gasteiger partial charge in [0.1, 0.15) is 0 Å². The maximum absolute atomic E-state index is 11.0. The normalized spacial score (nSPS) is 10.7. The van der Waals surface area contributed by atoms with Crippen LogP contribution in [0.2, 0.25) is 5.02 Å². The number of benzene rings is 1. The number of nitrogens with zero attached hydrogens (tertiary/aromatic N) is 1. The zero-order chi connectivity index (χ0) is 13.5. The van der Waals surface area contributed by atoms with Gasteiger partial charge in [-0.05, 0) is 37.7 Å². The van der Waals surface area contributed by atoms with Crippen LogP contribution in [0.1, 0.15) is 18.4 Å². The number of ether oxygens (including phenoxy) is 1. The van der Waals surface area contributed by atoms with Crippen molar-refractivity contribution in [2.24, 2.45) is 0 Å². The average molecular weight is 335 g/mol. The summed E-state index contributed by atoms with van der Waals surface area (Å²) >= 11 is 9.53. The van der Waals surface area contributed by atoms with E-state index in [-0.39, 0.29) is 5.97 Å². The molecule has 1 aromatic carbocycles. The van der Waals surface area contributed by atoms with Crippen molar-refractivity contribution in [3.63, 3.8) is 0 Å². The van der Waals surface area contributed by atoms with Gasteiger partial charge in [-0.15, -0.1) is 0 Å². The van der Waals surface area contributed by atoms with Crippen molar-refractivity contribution < 1.29 is 9.53 Å². The van der Waals surface area contributed by atoms with E-state index < -0.39 is 0 Å². The highest BCUT2D eigenvalue weighted by atomic mass is 79.9. The minimum absolute atomic E-state index is 0.162. The molecule has 0 aliphatic heterocycles. The molecule has 0 aliphatic rings. The SMILES string of the molecule is COC(=O)CCCN(C)Cc1ccc(Br)cc1Cl. The lowest BCUT2D eigenvalue weighted by atomic mass is 10.2. The topological polar surface area (TPSA) is 29.5 Å². The van der Waals surface area contributed by atoms with Crippen LogP contribution >= 0.6 is 27.5 Å². The zero-order valence-electron chi connectivity index (χ0n) is 10.6. The number of hydrogen-bond acceptors (Lipinski definition) is 3. The fourth-order valence-electron chi connectivity index (χ4n) is 1.62. The molecular weight excluding hydrogens is 318 g/mol. The lowest BCUT2D eigenvalue weighted by Crippen LogP contribution is -2.20. The molecule has 3 nitrogen and oxygen atoms in total. The molecule has 0 aromatic heterocycles. The van der Waals surface area contributed by atoms with Crippen LogP contribution in [0, 0.1) is 0 Å². The van der Waals surface area contributed by atoms with Gasteiger partial charge in [0, 0.05) is 22.5 Å². The fourth-order valence-corrected chi connectivity index (χ4v) is 2.35. The van der Waals surface area contributed by atoms with Gasteiger partial charge in [-0.25, -0.2) is 0 Å². The Morgan fingerprint density at radius 1 is 1.50 bits per heavy atom. The van der Waals surface area contributed by atoms with E-state index in [0.29, 0.717) is 6.42 Å². The summed E-state index contributed by atoms with van der Waals surface area (Å²) in [6, 6.07) is 5.87. The molecule has 0 atom stereocenters. The van der Waals surface area contributed by atoms with E-state index in [2.05, 4.69) is 25.6 Å². The molecule has 0 unspecified atom stereocenters. The second-order valence-corrected chi connectivity index (χ2v) is 5.48. The second kappa shape index (κ2) is 7.77. The molecule has 100 valence electrons. The van der Waals surface area contributed by atoms with Gasteiger partial charge in [-0.1, -0.05) is 33.6 Å². The number of carbonyl (C=O) groups excluding carboxylic acids is 1. The second-order valence-electron chi connectivity index (χ2n) is 4.15. The highest BCUT2D eigenvalue weighted by Crippen LogP contribution is 2.22. The number of halogens is 2. The maximum Gasteiger partial charge on any atom is 0.305 e. The monoisotopic (exact) mass is 333 g/mol. The Morgan fingerprint density at radius 3 is 2.83 bits per heavy atom. The molecule has 0 radical (unpaired) electrons. The first-order valence-corrected chi connectivity index (χ1v) is 6.89. The summed E-state index contributed by atoms with van der Waals surface area (Å²) in [5.41, 5.74) is 1.08. The molecule has 0 fully saturated rings. The van der Waals surface area contributed by atoms with Crippen molar-refractivity contribution in [2.45, 2.75) is 19.4 Å². The van der Waals surface area contributed by atoms with Crippen molar-refractivity contribution in [3.05, 3.63) is 33.3 Å². The van der Waals surface area contributed by atoms with Crippen molar-refractivity contribution in [2.75, 3.05) is 20.7 Å². The largest absolute Gasteiger partial charge is 0.469 e. The van der Waals surface area contributed by atoms with E-state index in [1.54, 1.807) is 0 Å².